The van der Waals surface area contributed by atoms with Crippen LogP contribution in [0.2, 0.25) is 0 Å². The van der Waals surface area contributed by atoms with Crippen molar-refractivity contribution < 1.29 is 28.6 Å². The number of nitrogens with one attached hydrogen (secondary N) is 2. The summed E-state index contributed by atoms with van der Waals surface area (Å²) in [6, 6.07) is 34.1. The van der Waals surface area contributed by atoms with Gasteiger partial charge < -0.3 is 25.4 Å². The molecule has 4 heterocycles. The number of halogens is 1. The Hall–Kier alpha value is -7.78. The van der Waals surface area contributed by atoms with Gasteiger partial charge in [-0.05, 0) is 101 Å². The standard InChI is InChI=1S/C56H57FN8O6/c1-37(39-11-4-3-5-12-39)31-50(68)64-28-24-56(70,25-29-64)35-65-36-61-51-52(55(65)69)62-63(2)53(51)40-20-18-38(19-21-40)34-60-49(67)17-9-8-16-48(66)58-27-30-71-54-41(13-10-26-59-54)32-46-44-15-7-6-14-43(44)45-23-22-42(57)33-47(45)46/h3-7,10-15,18-23,26,32-33,36-37,70H,8-9,16-17,24-25,27-31,34-35H2,1-2H3,(H,58,66)(H,60,67). The summed E-state index contributed by atoms with van der Waals surface area (Å²) in [6.07, 6.45) is 7.79. The first kappa shape index (κ1) is 48.3. The van der Waals surface area contributed by atoms with Gasteiger partial charge in [0.15, 0.2) is 5.52 Å². The number of carbonyl (C=O) groups is 3. The van der Waals surface area contributed by atoms with Gasteiger partial charge in [-0.1, -0.05) is 91.9 Å². The number of fused-ring (bicyclic) bond motifs is 4. The lowest BCUT2D eigenvalue weighted by atomic mass is 9.90. The maximum Gasteiger partial charge on any atom is 0.281 e. The number of hydrogen-bond donors (Lipinski definition) is 3. The Morgan fingerprint density at radius 2 is 1.54 bits per heavy atom. The Morgan fingerprint density at radius 1 is 0.831 bits per heavy atom. The Morgan fingerprint density at radius 3 is 2.30 bits per heavy atom. The van der Waals surface area contributed by atoms with Crippen LogP contribution in [0.15, 0.2) is 127 Å². The number of benzene rings is 4. The first-order chi connectivity index (χ1) is 34.4. The van der Waals surface area contributed by atoms with E-state index in [1.165, 1.54) is 17.0 Å². The van der Waals surface area contributed by atoms with Gasteiger partial charge in [0.1, 0.15) is 17.9 Å². The van der Waals surface area contributed by atoms with Crippen LogP contribution in [0.25, 0.3) is 45.1 Å². The summed E-state index contributed by atoms with van der Waals surface area (Å²) in [5.41, 5.74) is 8.05. The highest BCUT2D eigenvalue weighted by atomic mass is 19.1. The van der Waals surface area contributed by atoms with Crippen LogP contribution in [0.5, 0.6) is 5.88 Å². The molecular weight excluding hydrogens is 900 g/mol. The summed E-state index contributed by atoms with van der Waals surface area (Å²) in [7, 11) is 1.76. The molecule has 1 aliphatic heterocycles. The third kappa shape index (κ3) is 11.2. The van der Waals surface area contributed by atoms with E-state index < -0.39 is 5.60 Å². The van der Waals surface area contributed by atoms with Crippen LogP contribution in [-0.2, 0) is 34.5 Å². The second-order valence-corrected chi connectivity index (χ2v) is 18.5. The molecule has 0 spiro atoms. The number of pyridine rings is 1. The molecule has 364 valence electrons. The number of nitrogens with zero attached hydrogens (tertiary/aromatic N) is 6. The average molecular weight is 957 g/mol. The molecule has 3 amide bonds. The molecule has 15 heteroatoms. The fraction of sp³-hybridized carbons (Fsp3) is 0.304. The third-order valence-electron chi connectivity index (χ3n) is 13.5. The summed E-state index contributed by atoms with van der Waals surface area (Å²) in [5.74, 6) is -0.00209. The van der Waals surface area contributed by atoms with Crippen molar-refractivity contribution in [1.29, 1.82) is 0 Å². The molecule has 14 nitrogen and oxygen atoms in total. The minimum atomic E-state index is -1.17. The molecule has 1 aliphatic carbocycles. The monoisotopic (exact) mass is 956 g/mol. The zero-order valence-corrected chi connectivity index (χ0v) is 39.9. The van der Waals surface area contributed by atoms with Gasteiger partial charge in [0, 0.05) is 63.3 Å². The maximum absolute atomic E-state index is 14.3. The number of piperidine rings is 1. The molecular formula is C56H57FN8O6. The maximum atomic E-state index is 14.3. The lowest BCUT2D eigenvalue weighted by molar-refractivity contribution is -0.136. The van der Waals surface area contributed by atoms with Crippen LogP contribution >= 0.6 is 0 Å². The van der Waals surface area contributed by atoms with Gasteiger partial charge in [0.2, 0.25) is 23.6 Å². The summed E-state index contributed by atoms with van der Waals surface area (Å²) >= 11 is 0. The summed E-state index contributed by atoms with van der Waals surface area (Å²) in [5, 5.41) is 21.9. The quantitative estimate of drug-likeness (QED) is 0.0725. The number of aromatic nitrogens is 5. The molecule has 0 bridgehead atoms. The SMILES string of the molecule is CC(CC(=O)N1CCC(O)(Cn2cnc3c(-c4ccc(CNC(=O)CCCCC(=O)NCCOc5ncccc5C=C5c6ccccc6-c6ccc(F)cc65)cc4)n(C)nc3c2=O)CC1)c1ccccc1. The Balaban J connectivity index is 0.693. The Labute approximate surface area is 411 Å². The van der Waals surface area contributed by atoms with E-state index in [9.17, 15) is 28.7 Å². The number of ether oxygens (including phenoxy) is 1. The van der Waals surface area contributed by atoms with Crippen LogP contribution in [-0.4, -0.2) is 83.9 Å². The first-order valence-corrected chi connectivity index (χ1v) is 24.2. The minimum Gasteiger partial charge on any atom is -0.475 e. The van der Waals surface area contributed by atoms with E-state index in [1.54, 1.807) is 35.0 Å². The van der Waals surface area contributed by atoms with Gasteiger partial charge in [-0.25, -0.2) is 14.4 Å². The number of likely N-dealkylation sites (tertiary alicyclic amines) is 1. The average Bonchev–Trinajstić information content (AvgIpc) is 3.88. The van der Waals surface area contributed by atoms with Crippen molar-refractivity contribution in [2.45, 2.75) is 76.5 Å². The molecule has 4 aromatic carbocycles. The van der Waals surface area contributed by atoms with Crippen molar-refractivity contribution in [2.75, 3.05) is 26.2 Å². The smallest absolute Gasteiger partial charge is 0.281 e. The van der Waals surface area contributed by atoms with E-state index in [2.05, 4.69) is 25.7 Å². The second-order valence-electron chi connectivity index (χ2n) is 18.5. The molecule has 7 aromatic rings. The molecule has 3 aromatic heterocycles. The van der Waals surface area contributed by atoms with Crippen molar-refractivity contribution in [3.63, 3.8) is 0 Å². The molecule has 1 saturated heterocycles. The Kier molecular flexibility index (Phi) is 14.6. The van der Waals surface area contributed by atoms with Crippen LogP contribution in [0, 0.1) is 5.82 Å². The van der Waals surface area contributed by atoms with Crippen molar-refractivity contribution in [3.05, 3.63) is 166 Å². The minimum absolute atomic E-state index is 0.0451. The molecule has 2 aliphatic rings. The summed E-state index contributed by atoms with van der Waals surface area (Å²) < 4.78 is 23.4. The van der Waals surface area contributed by atoms with Gasteiger partial charge >= 0.3 is 0 Å². The zero-order chi connectivity index (χ0) is 49.5. The van der Waals surface area contributed by atoms with Gasteiger partial charge in [-0.3, -0.25) is 28.4 Å². The number of rotatable bonds is 18. The summed E-state index contributed by atoms with van der Waals surface area (Å²) in [6.45, 7) is 3.71. The topological polar surface area (TPSA) is 174 Å². The van der Waals surface area contributed by atoms with Crippen molar-refractivity contribution >= 4 is 40.4 Å². The molecule has 1 atom stereocenters. The van der Waals surface area contributed by atoms with Crippen LogP contribution in [0.4, 0.5) is 4.39 Å². The fourth-order valence-corrected chi connectivity index (χ4v) is 9.55. The van der Waals surface area contributed by atoms with Crippen molar-refractivity contribution in [2.24, 2.45) is 7.05 Å². The van der Waals surface area contributed by atoms with Gasteiger partial charge in [0.05, 0.1) is 30.7 Å². The van der Waals surface area contributed by atoms with Crippen molar-refractivity contribution in [1.82, 2.24) is 39.8 Å². The van der Waals surface area contributed by atoms with Crippen LogP contribution in [0.3, 0.4) is 0 Å². The van der Waals surface area contributed by atoms with Crippen LogP contribution < -0.4 is 20.9 Å². The predicted octanol–water partition coefficient (Wildman–Crippen LogP) is 7.82. The van der Waals surface area contributed by atoms with Crippen molar-refractivity contribution in [3.8, 4) is 28.3 Å². The highest BCUT2D eigenvalue weighted by Gasteiger charge is 2.35. The Bertz CT molecular complexity index is 3160. The largest absolute Gasteiger partial charge is 0.475 e. The molecule has 9 rings (SSSR count). The molecule has 71 heavy (non-hydrogen) atoms. The van der Waals surface area contributed by atoms with E-state index in [-0.39, 0.29) is 73.1 Å². The van der Waals surface area contributed by atoms with E-state index in [0.717, 1.165) is 50.1 Å². The molecule has 1 unspecified atom stereocenters. The van der Waals surface area contributed by atoms with Crippen LogP contribution in [0.1, 0.15) is 85.6 Å². The number of hydrogen-bond acceptors (Lipinski definition) is 9. The molecule has 1 fully saturated rings. The lowest BCUT2D eigenvalue weighted by Crippen LogP contribution is -2.49. The number of aliphatic hydroxyl groups is 1. The van der Waals surface area contributed by atoms with E-state index in [4.69, 9.17) is 4.74 Å². The van der Waals surface area contributed by atoms with Gasteiger partial charge in [-0.2, -0.15) is 5.10 Å². The van der Waals surface area contributed by atoms with Gasteiger partial charge in [-0.15, -0.1) is 0 Å². The first-order valence-electron chi connectivity index (χ1n) is 24.2. The number of unbranched alkanes of at least 4 members (excludes halogenated alkanes) is 1. The lowest BCUT2D eigenvalue weighted by Gasteiger charge is -2.38. The highest BCUT2D eigenvalue weighted by molar-refractivity contribution is 6.06. The predicted molar refractivity (Wildman–Crippen MR) is 270 cm³/mol. The van der Waals surface area contributed by atoms with E-state index >= 15 is 0 Å². The zero-order valence-electron chi connectivity index (χ0n) is 39.9. The number of amides is 3. The van der Waals surface area contributed by atoms with Gasteiger partial charge in [0.25, 0.3) is 5.56 Å². The normalized spacial score (nSPS) is 14.8. The molecule has 0 saturated carbocycles. The second kappa shape index (κ2) is 21.5. The van der Waals surface area contributed by atoms with E-state index in [0.29, 0.717) is 68.8 Å². The molecule has 3 N–H and O–H groups in total. The molecule has 0 radical (unpaired) electrons. The number of carbonyl (C=O) groups excluding carboxylic acids is 3. The highest BCUT2D eigenvalue weighted by Crippen LogP contribution is 2.45. The van der Waals surface area contributed by atoms with E-state index in [1.807, 2.05) is 104 Å². The number of aryl methyl sites for hydroxylation is 1. The fourth-order valence-electron chi connectivity index (χ4n) is 9.55. The third-order valence-corrected chi connectivity index (χ3v) is 13.5. The summed E-state index contributed by atoms with van der Waals surface area (Å²) in [4.78, 5) is 63.0.